The summed E-state index contributed by atoms with van der Waals surface area (Å²) in [7, 11) is 0. The SMILES string of the molecule is NC(N)(c1ccccc1)c1cccc(=C=O)c1=C=O. The molecule has 2 rings (SSSR count). The summed E-state index contributed by atoms with van der Waals surface area (Å²) in [6, 6.07) is 13.6. The number of hydrogen-bond acceptors (Lipinski definition) is 4. The molecule has 0 amide bonds. The summed E-state index contributed by atoms with van der Waals surface area (Å²) in [5, 5.41) is 0.148. The molecule has 0 aliphatic carbocycles. The second-order valence-corrected chi connectivity index (χ2v) is 4.17. The molecule has 94 valence electrons. The van der Waals surface area contributed by atoms with Gasteiger partial charge < -0.3 is 11.5 Å². The third kappa shape index (κ3) is 2.25. The topological polar surface area (TPSA) is 86.2 Å². The molecule has 2 aromatic rings. The second kappa shape index (κ2) is 5.02. The summed E-state index contributed by atoms with van der Waals surface area (Å²) in [5.74, 6) is 3.41. The number of benzene rings is 2. The van der Waals surface area contributed by atoms with Crippen molar-refractivity contribution in [3.05, 3.63) is 70.1 Å². The average Bonchev–Trinajstić information content (AvgIpc) is 2.47. The van der Waals surface area contributed by atoms with E-state index in [1.54, 1.807) is 48.3 Å². The van der Waals surface area contributed by atoms with Gasteiger partial charge in [0.15, 0.2) is 0 Å². The highest BCUT2D eigenvalue weighted by molar-refractivity contribution is 5.58. The Bertz CT molecular complexity index is 756. The number of nitrogens with two attached hydrogens (primary N) is 2. The molecule has 2 aromatic carbocycles. The highest BCUT2D eigenvalue weighted by Gasteiger charge is 2.25. The van der Waals surface area contributed by atoms with Crippen molar-refractivity contribution in [3.63, 3.8) is 0 Å². The van der Waals surface area contributed by atoms with E-state index in [0.717, 1.165) is 0 Å². The number of rotatable bonds is 2. The van der Waals surface area contributed by atoms with E-state index < -0.39 is 5.66 Å². The van der Waals surface area contributed by atoms with Gasteiger partial charge in [0.1, 0.15) is 17.5 Å². The van der Waals surface area contributed by atoms with Crippen molar-refractivity contribution in [2.75, 3.05) is 0 Å². The zero-order chi connectivity index (χ0) is 13.9. The van der Waals surface area contributed by atoms with Gasteiger partial charge in [-0.2, -0.15) is 0 Å². The Balaban J connectivity index is 2.80. The van der Waals surface area contributed by atoms with Crippen LogP contribution < -0.4 is 21.9 Å². The molecule has 0 fully saturated rings. The fraction of sp³-hybridized carbons (Fsp3) is 0.0667. The maximum atomic E-state index is 11.1. The van der Waals surface area contributed by atoms with Gasteiger partial charge in [0.25, 0.3) is 0 Å². The molecule has 4 heteroatoms. The summed E-state index contributed by atoms with van der Waals surface area (Å²) in [4.78, 5) is 21.9. The predicted molar refractivity (Wildman–Crippen MR) is 70.9 cm³/mol. The van der Waals surface area contributed by atoms with E-state index in [-0.39, 0.29) is 10.4 Å². The summed E-state index contributed by atoms with van der Waals surface area (Å²) < 4.78 is 0. The first-order valence-electron chi connectivity index (χ1n) is 5.64. The minimum absolute atomic E-state index is 0.0475. The van der Waals surface area contributed by atoms with Gasteiger partial charge in [0.2, 0.25) is 0 Å². The van der Waals surface area contributed by atoms with Crippen molar-refractivity contribution in [2.24, 2.45) is 11.5 Å². The van der Waals surface area contributed by atoms with Crippen LogP contribution in [0, 0.1) is 0 Å². The van der Waals surface area contributed by atoms with Crippen LogP contribution in [0.1, 0.15) is 11.1 Å². The second-order valence-electron chi connectivity index (χ2n) is 4.17. The van der Waals surface area contributed by atoms with Gasteiger partial charge in [-0.15, -0.1) is 0 Å². The number of hydrogen-bond donors (Lipinski definition) is 2. The van der Waals surface area contributed by atoms with Gasteiger partial charge >= 0.3 is 0 Å². The van der Waals surface area contributed by atoms with Crippen LogP contribution in [-0.4, -0.2) is 11.9 Å². The largest absolute Gasteiger partial charge is 0.306 e. The lowest BCUT2D eigenvalue weighted by atomic mass is 9.91. The molecule has 4 nitrogen and oxygen atoms in total. The monoisotopic (exact) mass is 252 g/mol. The van der Waals surface area contributed by atoms with Crippen molar-refractivity contribution >= 4 is 11.9 Å². The highest BCUT2D eigenvalue weighted by atomic mass is 16.1. The Labute approximate surface area is 109 Å². The molecule has 4 N–H and O–H groups in total. The van der Waals surface area contributed by atoms with Gasteiger partial charge in [-0.05, 0) is 11.6 Å². The van der Waals surface area contributed by atoms with Crippen molar-refractivity contribution in [1.29, 1.82) is 0 Å². The fourth-order valence-electron chi connectivity index (χ4n) is 1.96. The van der Waals surface area contributed by atoms with Gasteiger partial charge in [-0.25, -0.2) is 9.59 Å². The zero-order valence-electron chi connectivity index (χ0n) is 10.1. The smallest absolute Gasteiger partial charge is 0.134 e. The summed E-state index contributed by atoms with van der Waals surface area (Å²) in [6.07, 6.45) is 0. The average molecular weight is 252 g/mol. The molecule has 0 atom stereocenters. The first-order valence-corrected chi connectivity index (χ1v) is 5.64. The van der Waals surface area contributed by atoms with Crippen molar-refractivity contribution in [1.82, 2.24) is 0 Å². The van der Waals surface area contributed by atoms with E-state index >= 15 is 0 Å². The molecule has 0 unspecified atom stereocenters. The van der Waals surface area contributed by atoms with Crippen LogP contribution in [0.4, 0.5) is 0 Å². The molecule has 0 radical (unpaired) electrons. The van der Waals surface area contributed by atoms with E-state index in [4.69, 9.17) is 11.5 Å². The standard InChI is InChI=1S/C15H12N2O2/c16-15(17,12-6-2-1-3-7-12)14-8-4-5-11(9-18)13(14)10-19/h1-8H,16-17H2. The van der Waals surface area contributed by atoms with Gasteiger partial charge in [-0.1, -0.05) is 42.5 Å². The van der Waals surface area contributed by atoms with Crippen LogP contribution in [0.3, 0.4) is 0 Å². The summed E-state index contributed by atoms with van der Waals surface area (Å²) in [6.45, 7) is 0. The van der Waals surface area contributed by atoms with Crippen LogP contribution >= 0.6 is 0 Å². The minimum Gasteiger partial charge on any atom is -0.306 e. The van der Waals surface area contributed by atoms with E-state index in [0.29, 0.717) is 11.1 Å². The molecule has 19 heavy (non-hydrogen) atoms. The molecule has 0 saturated carbocycles. The van der Waals surface area contributed by atoms with E-state index in [1.165, 1.54) is 6.07 Å². The molecular weight excluding hydrogens is 240 g/mol. The Kier molecular flexibility index (Phi) is 3.43. The lowest BCUT2D eigenvalue weighted by Gasteiger charge is -2.25. The molecule has 0 heterocycles. The van der Waals surface area contributed by atoms with Gasteiger partial charge in [0, 0.05) is 5.56 Å². The van der Waals surface area contributed by atoms with Crippen LogP contribution in [-0.2, 0) is 15.3 Å². The Hall–Kier alpha value is -2.48. The van der Waals surface area contributed by atoms with Crippen LogP contribution in [0.2, 0.25) is 0 Å². The van der Waals surface area contributed by atoms with Crippen molar-refractivity contribution in [3.8, 4) is 0 Å². The van der Waals surface area contributed by atoms with E-state index in [9.17, 15) is 9.59 Å². The van der Waals surface area contributed by atoms with Crippen LogP contribution in [0.15, 0.2) is 48.5 Å². The van der Waals surface area contributed by atoms with Gasteiger partial charge in [-0.3, -0.25) is 0 Å². The molecule has 0 bridgehead atoms. The summed E-state index contributed by atoms with van der Waals surface area (Å²) >= 11 is 0. The Morgan fingerprint density at radius 2 is 1.53 bits per heavy atom. The van der Waals surface area contributed by atoms with E-state index in [2.05, 4.69) is 0 Å². The molecular formula is C15H12N2O2. The Morgan fingerprint density at radius 1 is 0.842 bits per heavy atom. The van der Waals surface area contributed by atoms with Gasteiger partial charge in [0.05, 0.1) is 10.4 Å². The highest BCUT2D eigenvalue weighted by Crippen LogP contribution is 2.17. The first-order chi connectivity index (χ1) is 9.11. The third-order valence-electron chi connectivity index (χ3n) is 2.97. The number of carbonyl (C=O) groups excluding carboxylic acids is 2. The molecule has 0 spiro atoms. The maximum Gasteiger partial charge on any atom is 0.134 e. The molecule has 0 aromatic heterocycles. The predicted octanol–water partition coefficient (Wildman–Crippen LogP) is -1.19. The Morgan fingerprint density at radius 3 is 2.11 bits per heavy atom. The lowest BCUT2D eigenvalue weighted by molar-refractivity contribution is 0.551. The molecule has 0 aliphatic heterocycles. The lowest BCUT2D eigenvalue weighted by Crippen LogP contribution is -2.52. The zero-order valence-corrected chi connectivity index (χ0v) is 10.1. The normalized spacial score (nSPS) is 10.6. The quantitative estimate of drug-likeness (QED) is 0.658. The van der Waals surface area contributed by atoms with Crippen LogP contribution in [0.5, 0.6) is 0 Å². The third-order valence-corrected chi connectivity index (χ3v) is 2.97. The summed E-state index contributed by atoms with van der Waals surface area (Å²) in [5.41, 5.74) is 11.9. The van der Waals surface area contributed by atoms with E-state index in [1.807, 2.05) is 6.07 Å². The first kappa shape index (κ1) is 13.0. The molecule has 0 aliphatic rings. The van der Waals surface area contributed by atoms with Crippen molar-refractivity contribution in [2.45, 2.75) is 5.66 Å². The van der Waals surface area contributed by atoms with Crippen LogP contribution in [0.25, 0.3) is 0 Å². The van der Waals surface area contributed by atoms with Crippen molar-refractivity contribution < 1.29 is 9.59 Å². The molecule has 0 saturated heterocycles. The fourth-order valence-corrected chi connectivity index (χ4v) is 1.96. The maximum absolute atomic E-state index is 11.1. The minimum atomic E-state index is -1.37.